The Kier molecular flexibility index (Phi) is 5.93. The number of carbonyl (C=O) groups excluding carboxylic acids is 2. The van der Waals surface area contributed by atoms with Crippen molar-refractivity contribution < 1.29 is 9.59 Å². The van der Waals surface area contributed by atoms with E-state index >= 15 is 0 Å². The molecule has 2 aromatic rings. The van der Waals surface area contributed by atoms with Crippen molar-refractivity contribution in [3.8, 4) is 0 Å². The fourth-order valence-corrected chi connectivity index (χ4v) is 3.35. The molecule has 1 saturated heterocycles. The van der Waals surface area contributed by atoms with Crippen molar-refractivity contribution in [1.82, 2.24) is 14.7 Å². The van der Waals surface area contributed by atoms with Crippen LogP contribution < -0.4 is 5.32 Å². The molecule has 6 nitrogen and oxygen atoms in total. The van der Waals surface area contributed by atoms with E-state index in [0.29, 0.717) is 30.4 Å². The van der Waals surface area contributed by atoms with Crippen LogP contribution in [0.2, 0.25) is 5.02 Å². The fourth-order valence-electron chi connectivity index (χ4n) is 3.14. The number of amides is 2. The minimum Gasteiger partial charge on any atom is -0.333 e. The summed E-state index contributed by atoms with van der Waals surface area (Å²) < 4.78 is 1.74. The van der Waals surface area contributed by atoms with Crippen molar-refractivity contribution in [3.05, 3.63) is 46.6 Å². The Hall–Kier alpha value is -2.34. The number of hydrogen-bond donors (Lipinski definition) is 1. The first-order chi connectivity index (χ1) is 12.5. The van der Waals surface area contributed by atoms with Crippen LogP contribution in [0.15, 0.2) is 30.3 Å². The predicted molar refractivity (Wildman–Crippen MR) is 101 cm³/mol. The predicted octanol–water partition coefficient (Wildman–Crippen LogP) is 3.23. The molecule has 26 heavy (non-hydrogen) atoms. The zero-order valence-corrected chi connectivity index (χ0v) is 15.6. The van der Waals surface area contributed by atoms with E-state index in [-0.39, 0.29) is 18.4 Å². The van der Waals surface area contributed by atoms with Crippen LogP contribution in [0.25, 0.3) is 0 Å². The van der Waals surface area contributed by atoms with E-state index in [1.165, 1.54) is 0 Å². The number of anilines is 1. The number of nitrogens with zero attached hydrogens (tertiary/aromatic N) is 3. The van der Waals surface area contributed by atoms with E-state index in [1.807, 2.05) is 37.3 Å². The molecule has 0 atom stereocenters. The summed E-state index contributed by atoms with van der Waals surface area (Å²) >= 11 is 6.04. The maximum Gasteiger partial charge on any atom is 0.245 e. The number of hydrogen-bond acceptors (Lipinski definition) is 3. The lowest BCUT2D eigenvalue weighted by atomic mass is 10.2. The van der Waals surface area contributed by atoms with Gasteiger partial charge in [-0.3, -0.25) is 9.59 Å². The molecule has 0 unspecified atom stereocenters. The van der Waals surface area contributed by atoms with Gasteiger partial charge in [-0.25, -0.2) is 4.68 Å². The normalized spacial score (nSPS) is 15.0. The summed E-state index contributed by atoms with van der Waals surface area (Å²) in [5.74, 6) is 0.475. The lowest BCUT2D eigenvalue weighted by Crippen LogP contribution is -2.37. The number of aryl methyl sites for hydroxylation is 1. The molecular weight excluding hydrogens is 352 g/mol. The summed E-state index contributed by atoms with van der Waals surface area (Å²) in [5.41, 5.74) is 1.81. The molecule has 1 aromatic heterocycles. The molecule has 1 aromatic carbocycles. The van der Waals surface area contributed by atoms with Crippen LogP contribution in [0, 0.1) is 6.92 Å². The summed E-state index contributed by atoms with van der Waals surface area (Å²) in [7, 11) is 0. The largest absolute Gasteiger partial charge is 0.333 e. The number of carbonyl (C=O) groups is 2. The minimum absolute atomic E-state index is 0.0567. The second-order valence-corrected chi connectivity index (χ2v) is 7.07. The van der Waals surface area contributed by atoms with Crippen molar-refractivity contribution in [2.24, 2.45) is 0 Å². The van der Waals surface area contributed by atoms with Crippen LogP contribution in [0.5, 0.6) is 0 Å². The number of benzene rings is 1. The van der Waals surface area contributed by atoms with Crippen LogP contribution in [-0.4, -0.2) is 39.6 Å². The van der Waals surface area contributed by atoms with Gasteiger partial charge < -0.3 is 10.2 Å². The zero-order valence-electron chi connectivity index (χ0n) is 14.9. The van der Waals surface area contributed by atoms with Gasteiger partial charge in [0.15, 0.2) is 0 Å². The fraction of sp³-hybridized carbons (Fsp3) is 0.421. The molecule has 1 aliphatic rings. The molecule has 1 aliphatic heterocycles. The molecule has 0 radical (unpaired) electrons. The Balaban J connectivity index is 1.67. The first-order valence-electron chi connectivity index (χ1n) is 8.88. The molecule has 138 valence electrons. The molecule has 2 heterocycles. The first-order valence-corrected chi connectivity index (χ1v) is 9.25. The number of rotatable bonds is 5. The quantitative estimate of drug-likeness (QED) is 0.873. The highest BCUT2D eigenvalue weighted by Crippen LogP contribution is 2.16. The average molecular weight is 375 g/mol. The number of nitrogens with one attached hydrogen (secondary N) is 1. The second kappa shape index (κ2) is 8.36. The van der Waals surface area contributed by atoms with Gasteiger partial charge in [0.25, 0.3) is 0 Å². The van der Waals surface area contributed by atoms with E-state index in [4.69, 9.17) is 11.6 Å². The second-order valence-electron chi connectivity index (χ2n) is 6.63. The molecule has 3 rings (SSSR count). The zero-order chi connectivity index (χ0) is 18.5. The first kappa shape index (κ1) is 18.5. The van der Waals surface area contributed by atoms with Gasteiger partial charge in [0.05, 0.1) is 18.8 Å². The van der Waals surface area contributed by atoms with E-state index in [0.717, 1.165) is 30.5 Å². The van der Waals surface area contributed by atoms with Gasteiger partial charge in [0.2, 0.25) is 11.8 Å². The van der Waals surface area contributed by atoms with Crippen LogP contribution in [0.3, 0.4) is 0 Å². The van der Waals surface area contributed by atoms with Crippen molar-refractivity contribution in [3.63, 3.8) is 0 Å². The standard InChI is InChI=1S/C19H23ClN4O2/c1-14-10-17(24(22-14)12-15-6-5-7-16(20)11-15)21-18(25)13-23-9-4-2-3-8-19(23)26/h5-7,10-11H,2-4,8-9,12-13H2,1H3,(H,21,25). The summed E-state index contributed by atoms with van der Waals surface area (Å²) in [6.07, 6.45) is 3.42. The van der Waals surface area contributed by atoms with E-state index < -0.39 is 0 Å². The minimum atomic E-state index is -0.201. The molecule has 0 aliphatic carbocycles. The molecular formula is C19H23ClN4O2. The van der Waals surface area contributed by atoms with Gasteiger partial charge >= 0.3 is 0 Å². The Bertz CT molecular complexity index is 803. The summed E-state index contributed by atoms with van der Waals surface area (Å²) in [4.78, 5) is 26.1. The van der Waals surface area contributed by atoms with Crippen LogP contribution in [0.4, 0.5) is 5.82 Å². The smallest absolute Gasteiger partial charge is 0.245 e. The van der Waals surface area contributed by atoms with Gasteiger partial charge in [-0.05, 0) is 37.5 Å². The molecule has 2 amide bonds. The topological polar surface area (TPSA) is 67.2 Å². The summed E-state index contributed by atoms with van der Waals surface area (Å²) in [6.45, 7) is 3.11. The lowest BCUT2D eigenvalue weighted by molar-refractivity contribution is -0.134. The molecule has 0 bridgehead atoms. The molecule has 7 heteroatoms. The maximum atomic E-state index is 12.4. The van der Waals surface area contributed by atoms with Crippen molar-refractivity contribution in [2.45, 2.75) is 39.2 Å². The number of halogens is 1. The van der Waals surface area contributed by atoms with Gasteiger partial charge in [0, 0.05) is 24.1 Å². The third kappa shape index (κ3) is 4.85. The Morgan fingerprint density at radius 1 is 1.27 bits per heavy atom. The van der Waals surface area contributed by atoms with E-state index in [1.54, 1.807) is 9.58 Å². The number of aromatic nitrogens is 2. The van der Waals surface area contributed by atoms with E-state index in [9.17, 15) is 9.59 Å². The van der Waals surface area contributed by atoms with Crippen LogP contribution >= 0.6 is 11.6 Å². The number of likely N-dealkylation sites (tertiary alicyclic amines) is 1. The average Bonchev–Trinajstić information content (AvgIpc) is 2.78. The molecule has 0 saturated carbocycles. The summed E-state index contributed by atoms with van der Waals surface area (Å²) in [6, 6.07) is 9.37. The highest BCUT2D eigenvalue weighted by Gasteiger charge is 2.20. The van der Waals surface area contributed by atoms with E-state index in [2.05, 4.69) is 10.4 Å². The van der Waals surface area contributed by atoms with Crippen LogP contribution in [-0.2, 0) is 16.1 Å². The molecule has 0 spiro atoms. The lowest BCUT2D eigenvalue weighted by Gasteiger charge is -2.20. The van der Waals surface area contributed by atoms with Gasteiger partial charge in [0.1, 0.15) is 5.82 Å². The Morgan fingerprint density at radius 3 is 2.92 bits per heavy atom. The van der Waals surface area contributed by atoms with Gasteiger partial charge in [-0.15, -0.1) is 0 Å². The third-order valence-corrected chi connectivity index (χ3v) is 4.63. The van der Waals surface area contributed by atoms with Crippen molar-refractivity contribution in [2.75, 3.05) is 18.4 Å². The molecule has 1 N–H and O–H groups in total. The monoisotopic (exact) mass is 374 g/mol. The Morgan fingerprint density at radius 2 is 2.12 bits per heavy atom. The van der Waals surface area contributed by atoms with Gasteiger partial charge in [-0.2, -0.15) is 5.10 Å². The van der Waals surface area contributed by atoms with Gasteiger partial charge in [-0.1, -0.05) is 30.2 Å². The third-order valence-electron chi connectivity index (χ3n) is 4.40. The van der Waals surface area contributed by atoms with Crippen molar-refractivity contribution >= 4 is 29.2 Å². The highest BCUT2D eigenvalue weighted by molar-refractivity contribution is 6.30. The SMILES string of the molecule is Cc1cc(NC(=O)CN2CCCCCC2=O)n(Cc2cccc(Cl)c2)n1. The van der Waals surface area contributed by atoms with Crippen LogP contribution in [0.1, 0.15) is 36.9 Å². The Labute approximate surface area is 158 Å². The molecule has 1 fully saturated rings. The maximum absolute atomic E-state index is 12.4. The van der Waals surface area contributed by atoms with Crippen molar-refractivity contribution in [1.29, 1.82) is 0 Å². The highest BCUT2D eigenvalue weighted by atomic mass is 35.5. The summed E-state index contributed by atoms with van der Waals surface area (Å²) in [5, 5.41) is 8.00.